The standard InChI is InChI=1S/C22H19NO4/c1-2-20(24)19-14-13-18(15-21(19)25)27-22(26)23(16-9-5-3-6-10-16)17-11-7-4-8-12-17/h3-15,25H,2H2,1H3. The van der Waals surface area contributed by atoms with Crippen LogP contribution in [0.3, 0.4) is 0 Å². The van der Waals surface area contributed by atoms with E-state index in [0.29, 0.717) is 11.4 Å². The van der Waals surface area contributed by atoms with E-state index in [0.717, 1.165) is 0 Å². The van der Waals surface area contributed by atoms with Gasteiger partial charge >= 0.3 is 6.09 Å². The number of Topliss-reactive ketones (excluding diaryl/α,β-unsaturated/α-hetero) is 1. The molecule has 3 aromatic carbocycles. The molecule has 5 nitrogen and oxygen atoms in total. The summed E-state index contributed by atoms with van der Waals surface area (Å²) in [5.74, 6) is -0.235. The molecule has 0 saturated carbocycles. The van der Waals surface area contributed by atoms with Crippen molar-refractivity contribution < 1.29 is 19.4 Å². The van der Waals surface area contributed by atoms with Crippen LogP contribution in [0.5, 0.6) is 11.5 Å². The summed E-state index contributed by atoms with van der Waals surface area (Å²) < 4.78 is 5.45. The lowest BCUT2D eigenvalue weighted by atomic mass is 10.1. The topological polar surface area (TPSA) is 66.8 Å². The Hall–Kier alpha value is -3.60. The van der Waals surface area contributed by atoms with Gasteiger partial charge in [-0.1, -0.05) is 43.3 Å². The number of amides is 1. The molecular weight excluding hydrogens is 342 g/mol. The number of ether oxygens (including phenoxy) is 1. The van der Waals surface area contributed by atoms with Crippen molar-refractivity contribution >= 4 is 23.3 Å². The minimum atomic E-state index is -0.624. The molecule has 0 radical (unpaired) electrons. The molecule has 1 amide bonds. The Kier molecular flexibility index (Phi) is 5.52. The average molecular weight is 361 g/mol. The predicted octanol–water partition coefficient (Wildman–Crippen LogP) is 5.32. The van der Waals surface area contributed by atoms with Crippen LogP contribution in [-0.4, -0.2) is 17.0 Å². The molecule has 5 heteroatoms. The fourth-order valence-electron chi connectivity index (χ4n) is 2.66. The minimum absolute atomic E-state index is 0.155. The Morgan fingerprint density at radius 3 is 1.93 bits per heavy atom. The van der Waals surface area contributed by atoms with E-state index in [1.165, 1.54) is 23.1 Å². The first-order chi connectivity index (χ1) is 13.1. The predicted molar refractivity (Wildman–Crippen MR) is 104 cm³/mol. The van der Waals surface area contributed by atoms with Crippen LogP contribution < -0.4 is 9.64 Å². The second kappa shape index (κ2) is 8.19. The summed E-state index contributed by atoms with van der Waals surface area (Å²) in [4.78, 5) is 26.1. The smallest absolute Gasteiger partial charge is 0.424 e. The van der Waals surface area contributed by atoms with Gasteiger partial charge in [0.1, 0.15) is 11.5 Å². The van der Waals surface area contributed by atoms with Crippen molar-refractivity contribution in [3.8, 4) is 11.5 Å². The Morgan fingerprint density at radius 1 is 0.889 bits per heavy atom. The summed E-state index contributed by atoms with van der Waals surface area (Å²) in [5, 5.41) is 10.1. The molecule has 3 aromatic rings. The van der Waals surface area contributed by atoms with E-state index < -0.39 is 6.09 Å². The van der Waals surface area contributed by atoms with Crippen molar-refractivity contribution in [1.82, 2.24) is 0 Å². The van der Waals surface area contributed by atoms with E-state index in [9.17, 15) is 14.7 Å². The number of hydrogen-bond acceptors (Lipinski definition) is 4. The zero-order valence-corrected chi connectivity index (χ0v) is 14.8. The van der Waals surface area contributed by atoms with Crippen molar-refractivity contribution in [2.24, 2.45) is 0 Å². The highest BCUT2D eigenvalue weighted by Gasteiger charge is 2.21. The third-order valence-corrected chi connectivity index (χ3v) is 4.01. The van der Waals surface area contributed by atoms with Gasteiger partial charge in [-0.3, -0.25) is 4.79 Å². The first-order valence-corrected chi connectivity index (χ1v) is 8.58. The fourth-order valence-corrected chi connectivity index (χ4v) is 2.66. The Morgan fingerprint density at radius 2 is 1.44 bits per heavy atom. The van der Waals surface area contributed by atoms with Crippen LogP contribution in [0.1, 0.15) is 23.7 Å². The highest BCUT2D eigenvalue weighted by Crippen LogP contribution is 2.29. The van der Waals surface area contributed by atoms with Crippen molar-refractivity contribution in [3.63, 3.8) is 0 Å². The molecule has 0 fully saturated rings. The molecule has 0 atom stereocenters. The van der Waals surface area contributed by atoms with Crippen molar-refractivity contribution in [2.75, 3.05) is 4.90 Å². The molecule has 0 aliphatic rings. The maximum Gasteiger partial charge on any atom is 0.424 e. The molecule has 0 spiro atoms. The number of para-hydroxylation sites is 2. The lowest BCUT2D eigenvalue weighted by Crippen LogP contribution is -2.29. The van der Waals surface area contributed by atoms with Gasteiger partial charge in [-0.15, -0.1) is 0 Å². The number of rotatable bonds is 5. The van der Waals surface area contributed by atoms with E-state index in [-0.39, 0.29) is 29.3 Å². The number of ketones is 1. The quantitative estimate of drug-likeness (QED) is 0.624. The Bertz CT molecular complexity index is 900. The van der Waals surface area contributed by atoms with Gasteiger partial charge in [-0.2, -0.15) is 0 Å². The molecule has 0 unspecified atom stereocenters. The van der Waals surface area contributed by atoms with E-state index >= 15 is 0 Å². The summed E-state index contributed by atoms with van der Waals surface area (Å²) in [6, 6.07) is 22.5. The van der Waals surface area contributed by atoms with E-state index in [1.54, 1.807) is 31.2 Å². The normalized spacial score (nSPS) is 10.3. The van der Waals surface area contributed by atoms with E-state index in [1.807, 2.05) is 36.4 Å². The molecule has 0 aliphatic heterocycles. The van der Waals surface area contributed by atoms with E-state index in [4.69, 9.17) is 4.74 Å². The van der Waals surface area contributed by atoms with Crippen molar-refractivity contribution in [3.05, 3.63) is 84.4 Å². The molecule has 136 valence electrons. The molecule has 0 saturated heterocycles. The number of anilines is 2. The molecular formula is C22H19NO4. The number of carbonyl (C=O) groups is 2. The molecule has 3 rings (SSSR count). The second-order valence-electron chi connectivity index (χ2n) is 5.83. The molecule has 1 N–H and O–H groups in total. The Labute approximate surface area is 157 Å². The first-order valence-electron chi connectivity index (χ1n) is 8.58. The van der Waals surface area contributed by atoms with Crippen LogP contribution in [-0.2, 0) is 0 Å². The SMILES string of the molecule is CCC(=O)c1ccc(OC(=O)N(c2ccccc2)c2ccccc2)cc1O. The van der Waals surface area contributed by atoms with Crippen LogP contribution in [0.25, 0.3) is 0 Å². The summed E-state index contributed by atoms with van der Waals surface area (Å²) in [6.45, 7) is 1.72. The number of aromatic hydroxyl groups is 1. The van der Waals surface area contributed by atoms with Gasteiger partial charge in [0.25, 0.3) is 0 Å². The number of carbonyl (C=O) groups excluding carboxylic acids is 2. The lowest BCUT2D eigenvalue weighted by molar-refractivity contribution is 0.0985. The van der Waals surface area contributed by atoms with Gasteiger partial charge in [-0.05, 0) is 36.4 Å². The zero-order valence-electron chi connectivity index (χ0n) is 14.8. The van der Waals surface area contributed by atoms with Gasteiger partial charge in [0.2, 0.25) is 0 Å². The summed E-state index contributed by atoms with van der Waals surface area (Å²) in [7, 11) is 0. The van der Waals surface area contributed by atoms with Crippen LogP contribution >= 0.6 is 0 Å². The van der Waals surface area contributed by atoms with Crippen molar-refractivity contribution in [1.29, 1.82) is 0 Å². The molecule has 0 heterocycles. The molecule has 0 aliphatic carbocycles. The van der Waals surface area contributed by atoms with Crippen LogP contribution in [0.2, 0.25) is 0 Å². The number of nitrogens with zero attached hydrogens (tertiary/aromatic N) is 1. The minimum Gasteiger partial charge on any atom is -0.507 e. The van der Waals surface area contributed by atoms with E-state index in [2.05, 4.69) is 0 Å². The third-order valence-electron chi connectivity index (χ3n) is 4.01. The molecule has 0 bridgehead atoms. The average Bonchev–Trinajstić information content (AvgIpc) is 2.69. The molecule has 0 aromatic heterocycles. The maximum absolute atomic E-state index is 12.9. The Balaban J connectivity index is 1.90. The van der Waals surface area contributed by atoms with Gasteiger partial charge in [0.05, 0.1) is 16.9 Å². The zero-order chi connectivity index (χ0) is 19.2. The number of hydrogen-bond donors (Lipinski definition) is 1. The van der Waals surface area contributed by atoms with Crippen LogP contribution in [0.4, 0.5) is 16.2 Å². The van der Waals surface area contributed by atoms with Crippen molar-refractivity contribution in [2.45, 2.75) is 13.3 Å². The maximum atomic E-state index is 12.9. The van der Waals surface area contributed by atoms with Crippen LogP contribution in [0, 0.1) is 0 Å². The van der Waals surface area contributed by atoms with Crippen LogP contribution in [0.15, 0.2) is 78.9 Å². The van der Waals surface area contributed by atoms with Gasteiger partial charge in [0.15, 0.2) is 5.78 Å². The third kappa shape index (κ3) is 4.15. The first kappa shape index (κ1) is 18.2. The summed E-state index contributed by atoms with van der Waals surface area (Å²) in [5.41, 5.74) is 1.51. The second-order valence-corrected chi connectivity index (χ2v) is 5.83. The highest BCUT2D eigenvalue weighted by molar-refractivity contribution is 5.99. The molecule has 27 heavy (non-hydrogen) atoms. The number of phenolic OH excluding ortho intramolecular Hbond substituents is 1. The van der Waals surface area contributed by atoms with Gasteiger partial charge < -0.3 is 9.84 Å². The number of phenols is 1. The van der Waals surface area contributed by atoms with Gasteiger partial charge in [-0.25, -0.2) is 9.69 Å². The largest absolute Gasteiger partial charge is 0.507 e. The van der Waals surface area contributed by atoms with Gasteiger partial charge in [0, 0.05) is 12.5 Å². The summed E-state index contributed by atoms with van der Waals surface area (Å²) in [6.07, 6.45) is -0.343. The summed E-state index contributed by atoms with van der Waals surface area (Å²) >= 11 is 0. The monoisotopic (exact) mass is 361 g/mol. The fraction of sp³-hybridized carbons (Fsp3) is 0.0909. The highest BCUT2D eigenvalue weighted by atomic mass is 16.6. The number of benzene rings is 3. The lowest BCUT2D eigenvalue weighted by Gasteiger charge is -2.22.